The van der Waals surface area contributed by atoms with Crippen molar-refractivity contribution in [2.45, 2.75) is 32.9 Å². The molecule has 0 aliphatic heterocycles. The van der Waals surface area contributed by atoms with Crippen molar-refractivity contribution < 1.29 is 8.42 Å². The van der Waals surface area contributed by atoms with Crippen LogP contribution in [0, 0.1) is 0 Å². The molecule has 0 saturated heterocycles. The van der Waals surface area contributed by atoms with Crippen LogP contribution < -0.4 is 10.6 Å². The zero-order chi connectivity index (χ0) is 18.4. The molecule has 0 aliphatic rings. The van der Waals surface area contributed by atoms with E-state index in [0.29, 0.717) is 18.9 Å². The third kappa shape index (κ3) is 6.75. The first-order valence-electron chi connectivity index (χ1n) is 8.43. The fourth-order valence-electron chi connectivity index (χ4n) is 2.50. The molecule has 0 radical (unpaired) electrons. The Balaban J connectivity index is 0.00000338. The Kier molecular flexibility index (Phi) is 8.81. The van der Waals surface area contributed by atoms with Crippen molar-refractivity contribution in [1.82, 2.24) is 20.2 Å². The Morgan fingerprint density at radius 1 is 1.35 bits per heavy atom. The van der Waals surface area contributed by atoms with Crippen LogP contribution >= 0.6 is 24.0 Å². The minimum Gasteiger partial charge on any atom is -0.357 e. The van der Waals surface area contributed by atoms with Crippen molar-refractivity contribution >= 4 is 50.8 Å². The molecule has 146 valence electrons. The molecule has 0 spiro atoms. The van der Waals surface area contributed by atoms with Crippen LogP contribution in [0.15, 0.2) is 29.3 Å². The number of halogens is 1. The van der Waals surface area contributed by atoms with E-state index in [4.69, 9.17) is 0 Å². The zero-order valence-corrected chi connectivity index (χ0v) is 18.8. The van der Waals surface area contributed by atoms with E-state index >= 15 is 0 Å². The lowest BCUT2D eigenvalue weighted by Crippen LogP contribution is -2.42. The summed E-state index contributed by atoms with van der Waals surface area (Å²) >= 11 is 0. The number of sulfone groups is 1. The molecule has 1 heterocycles. The first-order chi connectivity index (χ1) is 11.8. The Hall–Kier alpha value is -1.36. The highest BCUT2D eigenvalue weighted by molar-refractivity contribution is 14.0. The number of aliphatic imine (C=N–C) groups is 1. The van der Waals surface area contributed by atoms with E-state index in [1.807, 2.05) is 49.7 Å². The highest BCUT2D eigenvalue weighted by Gasteiger charge is 2.10. The molecule has 9 heteroatoms. The molecule has 0 bridgehead atoms. The Bertz CT molecular complexity index is 848. The number of guanidine groups is 1. The molecule has 7 nitrogen and oxygen atoms in total. The van der Waals surface area contributed by atoms with Gasteiger partial charge in [0.15, 0.2) is 5.96 Å². The van der Waals surface area contributed by atoms with E-state index < -0.39 is 9.84 Å². The normalized spacial score (nSPS) is 13.3. The number of aromatic nitrogens is 2. The summed E-state index contributed by atoms with van der Waals surface area (Å²) in [5.74, 6) is 1.70. The number of fused-ring (bicyclic) bond motifs is 1. The third-order valence-electron chi connectivity index (χ3n) is 3.91. The van der Waals surface area contributed by atoms with Crippen LogP contribution in [-0.2, 0) is 23.4 Å². The van der Waals surface area contributed by atoms with Gasteiger partial charge in [-0.3, -0.25) is 0 Å². The van der Waals surface area contributed by atoms with Crippen LogP contribution in [0.4, 0.5) is 0 Å². The van der Waals surface area contributed by atoms with Gasteiger partial charge in [-0.1, -0.05) is 12.1 Å². The van der Waals surface area contributed by atoms with E-state index in [1.165, 1.54) is 6.26 Å². The fourth-order valence-corrected chi connectivity index (χ4v) is 3.28. The van der Waals surface area contributed by atoms with Gasteiger partial charge in [0.1, 0.15) is 22.2 Å². The minimum absolute atomic E-state index is 0. The summed E-state index contributed by atoms with van der Waals surface area (Å²) in [7, 11) is -0.975. The van der Waals surface area contributed by atoms with Crippen molar-refractivity contribution in [3.8, 4) is 0 Å². The minimum atomic E-state index is -2.96. The third-order valence-corrected chi connectivity index (χ3v) is 4.88. The van der Waals surface area contributed by atoms with Crippen LogP contribution in [0.1, 0.15) is 26.1 Å². The van der Waals surface area contributed by atoms with Gasteiger partial charge in [-0.15, -0.1) is 24.0 Å². The average molecular weight is 493 g/mol. The molecule has 0 saturated carbocycles. The van der Waals surface area contributed by atoms with Crippen LogP contribution in [0.3, 0.4) is 0 Å². The van der Waals surface area contributed by atoms with Gasteiger partial charge in [-0.2, -0.15) is 0 Å². The standard InChI is InChI=1S/C17H27N5O2S.HI/c1-5-18-17(20-13(2)10-11-25(4,23)24)19-12-16-21-14-8-6-7-9-15(14)22(16)3;/h6-9,13H,5,10-12H2,1-4H3,(H2,18,19,20);1H. The molecular formula is C17H28IN5O2S. The molecule has 0 fully saturated rings. The van der Waals surface area contributed by atoms with Crippen LogP contribution in [-0.4, -0.2) is 48.5 Å². The molecule has 1 unspecified atom stereocenters. The Morgan fingerprint density at radius 2 is 2.04 bits per heavy atom. The highest BCUT2D eigenvalue weighted by Crippen LogP contribution is 2.14. The van der Waals surface area contributed by atoms with Gasteiger partial charge < -0.3 is 15.2 Å². The van der Waals surface area contributed by atoms with Gasteiger partial charge in [0, 0.05) is 25.9 Å². The maximum Gasteiger partial charge on any atom is 0.191 e. The van der Waals surface area contributed by atoms with Crippen molar-refractivity contribution in [2.24, 2.45) is 12.0 Å². The lowest BCUT2D eigenvalue weighted by atomic mass is 10.3. The zero-order valence-electron chi connectivity index (χ0n) is 15.7. The molecule has 2 aromatic rings. The number of nitrogens with zero attached hydrogens (tertiary/aromatic N) is 3. The maximum atomic E-state index is 11.3. The number of aryl methyl sites for hydroxylation is 1. The van der Waals surface area contributed by atoms with Crippen molar-refractivity contribution in [2.75, 3.05) is 18.6 Å². The molecule has 0 amide bonds. The van der Waals surface area contributed by atoms with Crippen molar-refractivity contribution in [1.29, 1.82) is 0 Å². The number of hydrogen-bond donors (Lipinski definition) is 2. The number of benzene rings is 1. The predicted octanol–water partition coefficient (Wildman–Crippen LogP) is 2.07. The summed E-state index contributed by atoms with van der Waals surface area (Å²) in [5.41, 5.74) is 2.03. The summed E-state index contributed by atoms with van der Waals surface area (Å²) in [6.07, 6.45) is 1.79. The molecule has 2 N–H and O–H groups in total. The van der Waals surface area contributed by atoms with Crippen molar-refractivity contribution in [3.05, 3.63) is 30.1 Å². The number of para-hydroxylation sites is 2. The van der Waals surface area contributed by atoms with Gasteiger partial charge in [-0.05, 0) is 32.4 Å². The molecular weight excluding hydrogens is 465 g/mol. The number of hydrogen-bond acceptors (Lipinski definition) is 4. The average Bonchev–Trinajstić information content (AvgIpc) is 2.87. The lowest BCUT2D eigenvalue weighted by Gasteiger charge is -2.17. The molecule has 1 atom stereocenters. The second-order valence-corrected chi connectivity index (χ2v) is 8.49. The molecule has 1 aromatic carbocycles. The van der Waals surface area contributed by atoms with Crippen molar-refractivity contribution in [3.63, 3.8) is 0 Å². The fraction of sp³-hybridized carbons (Fsp3) is 0.529. The molecule has 26 heavy (non-hydrogen) atoms. The number of nitrogens with one attached hydrogen (secondary N) is 2. The van der Waals surface area contributed by atoms with Gasteiger partial charge in [0.25, 0.3) is 0 Å². The summed E-state index contributed by atoms with van der Waals surface area (Å²) in [6.45, 7) is 5.12. The SMILES string of the molecule is CCNC(=NCc1nc2ccccc2n1C)NC(C)CCS(C)(=O)=O.I. The Labute approximate surface area is 172 Å². The highest BCUT2D eigenvalue weighted by atomic mass is 127. The first-order valence-corrected chi connectivity index (χ1v) is 10.5. The summed E-state index contributed by atoms with van der Waals surface area (Å²) in [6, 6.07) is 7.99. The predicted molar refractivity (Wildman–Crippen MR) is 118 cm³/mol. The Morgan fingerprint density at radius 3 is 2.65 bits per heavy atom. The topological polar surface area (TPSA) is 88.4 Å². The van der Waals surface area contributed by atoms with Gasteiger partial charge >= 0.3 is 0 Å². The second kappa shape index (κ2) is 10.1. The largest absolute Gasteiger partial charge is 0.357 e. The lowest BCUT2D eigenvalue weighted by molar-refractivity contribution is 0.581. The monoisotopic (exact) mass is 493 g/mol. The van der Waals surface area contributed by atoms with Crippen LogP contribution in [0.2, 0.25) is 0 Å². The number of rotatable bonds is 7. The first kappa shape index (κ1) is 22.7. The smallest absolute Gasteiger partial charge is 0.191 e. The number of imidazole rings is 1. The van der Waals surface area contributed by atoms with E-state index in [9.17, 15) is 8.42 Å². The van der Waals surface area contributed by atoms with Gasteiger partial charge in [0.05, 0.1) is 16.8 Å². The second-order valence-electron chi connectivity index (χ2n) is 6.23. The van der Waals surface area contributed by atoms with E-state index in [1.54, 1.807) is 0 Å². The molecule has 1 aromatic heterocycles. The molecule has 0 aliphatic carbocycles. The van der Waals surface area contributed by atoms with E-state index in [2.05, 4.69) is 20.6 Å². The summed E-state index contributed by atoms with van der Waals surface area (Å²) in [5, 5.41) is 6.44. The van der Waals surface area contributed by atoms with Gasteiger partial charge in [-0.25, -0.2) is 18.4 Å². The maximum absolute atomic E-state index is 11.3. The van der Waals surface area contributed by atoms with Crippen LogP contribution in [0.5, 0.6) is 0 Å². The quantitative estimate of drug-likeness (QED) is 0.350. The summed E-state index contributed by atoms with van der Waals surface area (Å²) in [4.78, 5) is 9.20. The van der Waals surface area contributed by atoms with E-state index in [0.717, 1.165) is 23.4 Å². The van der Waals surface area contributed by atoms with Crippen LogP contribution in [0.25, 0.3) is 11.0 Å². The van der Waals surface area contributed by atoms with E-state index in [-0.39, 0.29) is 35.8 Å². The summed E-state index contributed by atoms with van der Waals surface area (Å²) < 4.78 is 24.6. The molecule has 2 rings (SSSR count). The van der Waals surface area contributed by atoms with Gasteiger partial charge in [0.2, 0.25) is 0 Å².